The zero-order valence-corrected chi connectivity index (χ0v) is 14.4. The molecule has 2 aliphatic carbocycles. The van der Waals surface area contributed by atoms with E-state index >= 15 is 0 Å². The standard InChI is InChI=1S/C20H36O/c1-3-4-5-6-7-17-8-12-19(13-9-17)20-14-10-18(11-15-20)16-21-2/h4-5,17-20H,3,6-16H2,1-2H3/b5-4+. The topological polar surface area (TPSA) is 9.23 Å². The average molecular weight is 293 g/mol. The molecule has 1 nitrogen and oxygen atoms in total. The van der Waals surface area contributed by atoms with E-state index in [1.165, 1.54) is 70.6 Å². The Morgan fingerprint density at radius 3 is 1.90 bits per heavy atom. The van der Waals surface area contributed by atoms with Crippen molar-refractivity contribution in [3.8, 4) is 0 Å². The van der Waals surface area contributed by atoms with Crippen molar-refractivity contribution in [3.63, 3.8) is 0 Å². The molecule has 0 heterocycles. The summed E-state index contributed by atoms with van der Waals surface area (Å²) in [7, 11) is 1.85. The van der Waals surface area contributed by atoms with Crippen LogP contribution >= 0.6 is 0 Å². The molecule has 0 radical (unpaired) electrons. The smallest absolute Gasteiger partial charge is 0.0490 e. The molecule has 2 rings (SSSR count). The highest BCUT2D eigenvalue weighted by molar-refractivity contribution is 4.84. The van der Waals surface area contributed by atoms with Gasteiger partial charge in [-0.2, -0.15) is 0 Å². The lowest BCUT2D eigenvalue weighted by Crippen LogP contribution is -2.27. The molecule has 0 aliphatic heterocycles. The van der Waals surface area contributed by atoms with Crippen LogP contribution in [0, 0.1) is 23.7 Å². The molecule has 0 amide bonds. The molecule has 0 aromatic rings. The van der Waals surface area contributed by atoms with Gasteiger partial charge in [-0.3, -0.25) is 0 Å². The summed E-state index contributed by atoms with van der Waals surface area (Å²) in [6.07, 6.45) is 20.5. The zero-order chi connectivity index (χ0) is 14.9. The molecule has 0 aromatic heterocycles. The van der Waals surface area contributed by atoms with E-state index in [1.807, 2.05) is 7.11 Å². The van der Waals surface area contributed by atoms with Crippen molar-refractivity contribution in [1.29, 1.82) is 0 Å². The second kappa shape index (κ2) is 9.66. The Kier molecular flexibility index (Phi) is 7.85. The first-order valence-corrected chi connectivity index (χ1v) is 9.47. The van der Waals surface area contributed by atoms with Gasteiger partial charge in [0, 0.05) is 13.7 Å². The second-order valence-electron chi connectivity index (χ2n) is 7.47. The molecule has 0 spiro atoms. The van der Waals surface area contributed by atoms with Gasteiger partial charge in [-0.25, -0.2) is 0 Å². The molecule has 0 bridgehead atoms. The largest absolute Gasteiger partial charge is 0.384 e. The predicted octanol–water partition coefficient (Wildman–Crippen LogP) is 5.99. The number of hydrogen-bond donors (Lipinski definition) is 0. The number of ether oxygens (including phenoxy) is 1. The van der Waals surface area contributed by atoms with Crippen LogP contribution in [0.4, 0.5) is 0 Å². The fourth-order valence-corrected chi connectivity index (χ4v) is 4.63. The first-order valence-electron chi connectivity index (χ1n) is 9.47. The number of allylic oxidation sites excluding steroid dienone is 2. The summed E-state index contributed by atoms with van der Waals surface area (Å²) in [5.41, 5.74) is 0. The van der Waals surface area contributed by atoms with Crippen molar-refractivity contribution in [2.75, 3.05) is 13.7 Å². The summed E-state index contributed by atoms with van der Waals surface area (Å²) in [6, 6.07) is 0. The van der Waals surface area contributed by atoms with Gasteiger partial charge in [-0.1, -0.05) is 31.9 Å². The summed E-state index contributed by atoms with van der Waals surface area (Å²) in [6.45, 7) is 3.22. The number of hydrogen-bond acceptors (Lipinski definition) is 1. The minimum absolute atomic E-state index is 0.855. The molecule has 2 fully saturated rings. The van der Waals surface area contributed by atoms with Crippen molar-refractivity contribution in [3.05, 3.63) is 12.2 Å². The molecule has 0 atom stereocenters. The first kappa shape index (κ1) is 17.1. The molecule has 122 valence electrons. The van der Waals surface area contributed by atoms with E-state index in [0.29, 0.717) is 0 Å². The lowest BCUT2D eigenvalue weighted by Gasteiger charge is -2.37. The Morgan fingerprint density at radius 1 is 0.810 bits per heavy atom. The molecule has 0 unspecified atom stereocenters. The van der Waals surface area contributed by atoms with E-state index in [9.17, 15) is 0 Å². The molecule has 2 saturated carbocycles. The molecular weight excluding hydrogens is 256 g/mol. The highest BCUT2D eigenvalue weighted by Crippen LogP contribution is 2.42. The van der Waals surface area contributed by atoms with Gasteiger partial charge in [0.2, 0.25) is 0 Å². The minimum atomic E-state index is 0.855. The van der Waals surface area contributed by atoms with Crippen LogP contribution in [-0.4, -0.2) is 13.7 Å². The molecule has 0 aromatic carbocycles. The van der Waals surface area contributed by atoms with E-state index in [4.69, 9.17) is 4.74 Å². The van der Waals surface area contributed by atoms with Gasteiger partial charge in [0.25, 0.3) is 0 Å². The van der Waals surface area contributed by atoms with E-state index in [0.717, 1.165) is 30.3 Å². The highest BCUT2D eigenvalue weighted by atomic mass is 16.5. The first-order chi connectivity index (χ1) is 10.3. The third-order valence-corrected chi connectivity index (χ3v) is 6.00. The Balaban J connectivity index is 1.62. The van der Waals surface area contributed by atoms with Crippen molar-refractivity contribution in [1.82, 2.24) is 0 Å². The van der Waals surface area contributed by atoms with Crippen LogP contribution < -0.4 is 0 Å². The normalized spacial score (nSPS) is 34.4. The fourth-order valence-electron chi connectivity index (χ4n) is 4.63. The quantitative estimate of drug-likeness (QED) is 0.523. The zero-order valence-electron chi connectivity index (χ0n) is 14.4. The van der Waals surface area contributed by atoms with Crippen LogP contribution in [0.1, 0.15) is 77.6 Å². The maximum atomic E-state index is 5.33. The fraction of sp³-hybridized carbons (Fsp3) is 0.900. The molecule has 2 aliphatic rings. The highest BCUT2D eigenvalue weighted by Gasteiger charge is 2.30. The maximum Gasteiger partial charge on any atom is 0.0490 e. The van der Waals surface area contributed by atoms with Crippen LogP contribution in [0.5, 0.6) is 0 Å². The van der Waals surface area contributed by atoms with E-state index < -0.39 is 0 Å². The van der Waals surface area contributed by atoms with Crippen molar-refractivity contribution >= 4 is 0 Å². The molecule has 21 heavy (non-hydrogen) atoms. The van der Waals surface area contributed by atoms with Gasteiger partial charge >= 0.3 is 0 Å². The van der Waals surface area contributed by atoms with Gasteiger partial charge in [-0.15, -0.1) is 0 Å². The molecule has 0 saturated heterocycles. The average Bonchev–Trinajstić information content (AvgIpc) is 2.53. The molecular formula is C20H36O. The van der Waals surface area contributed by atoms with Crippen LogP contribution in [0.25, 0.3) is 0 Å². The van der Waals surface area contributed by atoms with Gasteiger partial charge in [-0.05, 0) is 81.5 Å². The lowest BCUT2D eigenvalue weighted by atomic mass is 9.69. The molecule has 0 N–H and O–H groups in total. The van der Waals surface area contributed by atoms with Crippen LogP contribution in [-0.2, 0) is 4.74 Å². The summed E-state index contributed by atoms with van der Waals surface area (Å²) in [5, 5.41) is 0. The van der Waals surface area contributed by atoms with Gasteiger partial charge in [0.05, 0.1) is 0 Å². The van der Waals surface area contributed by atoms with Crippen molar-refractivity contribution in [2.45, 2.75) is 77.6 Å². The maximum absolute atomic E-state index is 5.33. The van der Waals surface area contributed by atoms with Crippen LogP contribution in [0.2, 0.25) is 0 Å². The Hall–Kier alpha value is -0.300. The summed E-state index contributed by atoms with van der Waals surface area (Å²) in [5.74, 6) is 3.97. The molecule has 1 heteroatoms. The van der Waals surface area contributed by atoms with Crippen molar-refractivity contribution in [2.24, 2.45) is 23.7 Å². The summed E-state index contributed by atoms with van der Waals surface area (Å²) < 4.78 is 5.33. The Bertz CT molecular complexity index is 280. The van der Waals surface area contributed by atoms with Crippen LogP contribution in [0.3, 0.4) is 0 Å². The monoisotopic (exact) mass is 292 g/mol. The van der Waals surface area contributed by atoms with Gasteiger partial charge < -0.3 is 4.74 Å². The van der Waals surface area contributed by atoms with Gasteiger partial charge in [0.1, 0.15) is 0 Å². The van der Waals surface area contributed by atoms with Crippen molar-refractivity contribution < 1.29 is 4.74 Å². The van der Waals surface area contributed by atoms with E-state index in [2.05, 4.69) is 19.1 Å². The third-order valence-electron chi connectivity index (χ3n) is 6.00. The minimum Gasteiger partial charge on any atom is -0.384 e. The van der Waals surface area contributed by atoms with Gasteiger partial charge in [0.15, 0.2) is 0 Å². The predicted molar refractivity (Wildman–Crippen MR) is 91.4 cm³/mol. The summed E-state index contributed by atoms with van der Waals surface area (Å²) in [4.78, 5) is 0. The summed E-state index contributed by atoms with van der Waals surface area (Å²) >= 11 is 0. The number of rotatable bonds is 7. The third kappa shape index (κ3) is 5.77. The SMILES string of the molecule is CC/C=C/CCC1CCC(C2CCC(COC)CC2)CC1. The van der Waals surface area contributed by atoms with Crippen LogP contribution in [0.15, 0.2) is 12.2 Å². The lowest BCUT2D eigenvalue weighted by molar-refractivity contribution is 0.0928. The number of methoxy groups -OCH3 is 1. The van der Waals surface area contributed by atoms with E-state index in [1.54, 1.807) is 0 Å². The Morgan fingerprint density at radius 2 is 1.38 bits per heavy atom. The Labute approximate surface area is 132 Å². The second-order valence-corrected chi connectivity index (χ2v) is 7.47. The van der Waals surface area contributed by atoms with E-state index in [-0.39, 0.29) is 0 Å².